The lowest BCUT2D eigenvalue weighted by molar-refractivity contribution is -0.132. The average molecular weight is 700 g/mol. The summed E-state index contributed by atoms with van der Waals surface area (Å²) in [5, 5.41) is 21.5. The summed E-state index contributed by atoms with van der Waals surface area (Å²) < 4.78 is 2.37. The predicted octanol–water partition coefficient (Wildman–Crippen LogP) is 12.8. The van der Waals surface area contributed by atoms with E-state index >= 15 is 0 Å². The second-order valence-electron chi connectivity index (χ2n) is 13.0. The zero-order chi connectivity index (χ0) is 36.0. The molecule has 5 nitrogen and oxygen atoms in total. The van der Waals surface area contributed by atoms with Crippen LogP contribution < -0.4 is 4.90 Å². The molecule has 0 aliphatic heterocycles. The van der Waals surface area contributed by atoms with E-state index in [1.165, 1.54) is 28.2 Å². The summed E-state index contributed by atoms with van der Waals surface area (Å²) in [6, 6.07) is 47.1. The molecule has 6 heteroatoms. The van der Waals surface area contributed by atoms with Gasteiger partial charge < -0.3 is 14.6 Å². The average Bonchev–Trinajstić information content (AvgIpc) is 3.74. The van der Waals surface area contributed by atoms with E-state index in [0.717, 1.165) is 81.3 Å². The van der Waals surface area contributed by atoms with Gasteiger partial charge in [-0.15, -0.1) is 11.3 Å². The first kappa shape index (κ1) is 34.5. The molecular formula is C46H41N3O2S. The van der Waals surface area contributed by atoms with Gasteiger partial charge in [-0.05, 0) is 115 Å². The van der Waals surface area contributed by atoms with Crippen LogP contribution in [0, 0.1) is 11.3 Å². The number of nitriles is 1. The van der Waals surface area contributed by atoms with Gasteiger partial charge in [-0.1, -0.05) is 86.8 Å². The summed E-state index contributed by atoms with van der Waals surface area (Å²) in [6.07, 6.45) is 6.88. The Kier molecular flexibility index (Phi) is 10.3. The van der Waals surface area contributed by atoms with E-state index < -0.39 is 5.97 Å². The molecule has 0 fully saturated rings. The Balaban J connectivity index is 1.27. The fourth-order valence-electron chi connectivity index (χ4n) is 7.10. The number of aromatic nitrogens is 1. The minimum Gasteiger partial charge on any atom is -0.477 e. The molecule has 0 unspecified atom stereocenters. The number of anilines is 3. The summed E-state index contributed by atoms with van der Waals surface area (Å²) in [7, 11) is 0. The molecule has 52 heavy (non-hydrogen) atoms. The third-order valence-electron chi connectivity index (χ3n) is 9.72. The van der Waals surface area contributed by atoms with Crippen molar-refractivity contribution in [2.75, 3.05) is 4.90 Å². The number of nitrogens with zero attached hydrogens (tertiary/aromatic N) is 3. The lowest BCUT2D eigenvalue weighted by atomic mass is 10.0. The molecular weight excluding hydrogens is 659 g/mol. The van der Waals surface area contributed by atoms with Crippen LogP contribution in [0.2, 0.25) is 0 Å². The molecule has 7 rings (SSSR count). The van der Waals surface area contributed by atoms with Gasteiger partial charge in [0.15, 0.2) is 0 Å². The van der Waals surface area contributed by atoms with Crippen LogP contribution in [0.4, 0.5) is 17.1 Å². The van der Waals surface area contributed by atoms with Gasteiger partial charge in [-0.2, -0.15) is 5.26 Å². The number of benzene rings is 5. The molecule has 5 aromatic carbocycles. The van der Waals surface area contributed by atoms with Crippen molar-refractivity contribution >= 4 is 62.3 Å². The van der Waals surface area contributed by atoms with Crippen LogP contribution >= 0.6 is 11.3 Å². The molecule has 0 saturated carbocycles. The number of thiophene rings is 1. The van der Waals surface area contributed by atoms with Crippen LogP contribution in [0.3, 0.4) is 0 Å². The minimum atomic E-state index is -1.20. The van der Waals surface area contributed by atoms with Crippen molar-refractivity contribution in [3.63, 3.8) is 0 Å². The van der Waals surface area contributed by atoms with Crippen LogP contribution in [-0.4, -0.2) is 15.6 Å². The number of unbranched alkanes of at least 4 members (excludes halogenated alkanes) is 3. The molecule has 1 N–H and O–H groups in total. The maximum absolute atomic E-state index is 11.7. The van der Waals surface area contributed by atoms with E-state index in [1.807, 2.05) is 18.2 Å². The van der Waals surface area contributed by atoms with Crippen molar-refractivity contribution in [2.45, 2.75) is 52.5 Å². The molecule has 0 aliphatic carbocycles. The van der Waals surface area contributed by atoms with Crippen molar-refractivity contribution in [1.29, 1.82) is 5.26 Å². The van der Waals surface area contributed by atoms with E-state index in [2.05, 4.69) is 139 Å². The molecule has 0 aliphatic rings. The van der Waals surface area contributed by atoms with Gasteiger partial charge in [-0.3, -0.25) is 0 Å². The molecule has 0 bridgehead atoms. The number of hydrogen-bond acceptors (Lipinski definition) is 4. The number of fused-ring (bicyclic) bond motifs is 3. The summed E-state index contributed by atoms with van der Waals surface area (Å²) in [4.78, 5) is 15.9. The van der Waals surface area contributed by atoms with Crippen LogP contribution in [-0.2, 0) is 17.8 Å². The molecule has 2 aromatic heterocycles. The molecule has 258 valence electrons. The highest BCUT2D eigenvalue weighted by atomic mass is 32.1. The lowest BCUT2D eigenvalue weighted by Crippen LogP contribution is -2.09. The second kappa shape index (κ2) is 15.6. The largest absolute Gasteiger partial charge is 0.477 e. The maximum Gasteiger partial charge on any atom is 0.346 e. The highest BCUT2D eigenvalue weighted by Crippen LogP contribution is 2.40. The van der Waals surface area contributed by atoms with Gasteiger partial charge >= 0.3 is 5.97 Å². The number of carbonyl (C=O) groups is 1. The smallest absolute Gasteiger partial charge is 0.346 e. The van der Waals surface area contributed by atoms with Gasteiger partial charge in [0.2, 0.25) is 0 Å². The Hall–Kier alpha value is -5.90. The zero-order valence-electron chi connectivity index (χ0n) is 29.5. The fraction of sp³-hybridized carbons (Fsp3) is 0.174. The Morgan fingerprint density at radius 3 is 1.88 bits per heavy atom. The standard InChI is InChI=1S/C46H41N3O2S/c1-3-5-6-9-14-34-29-44(52-45(34)30-36(31-47)46(50)51)35-22-26-43-41(28-35)40-27-33(21-25-42(40)48(43)4-2)32-19-23-39(24-20-32)49(37-15-10-7-11-16-37)38-17-12-8-13-18-38/h7-8,10-13,15-30H,3-6,9,14H2,1-2H3,(H,50,51)/b36-30-. The van der Waals surface area contributed by atoms with E-state index in [0.29, 0.717) is 0 Å². The molecule has 0 spiro atoms. The topological polar surface area (TPSA) is 69.3 Å². The minimum absolute atomic E-state index is 0.238. The zero-order valence-corrected chi connectivity index (χ0v) is 30.4. The fourth-order valence-corrected chi connectivity index (χ4v) is 8.25. The number of carboxylic acids is 1. The molecule has 0 saturated heterocycles. The lowest BCUT2D eigenvalue weighted by Gasteiger charge is -2.25. The van der Waals surface area contributed by atoms with Gasteiger partial charge in [0.1, 0.15) is 11.6 Å². The van der Waals surface area contributed by atoms with E-state index in [4.69, 9.17) is 0 Å². The number of aliphatic carboxylic acids is 1. The van der Waals surface area contributed by atoms with Crippen molar-refractivity contribution < 1.29 is 9.90 Å². The summed E-state index contributed by atoms with van der Waals surface area (Å²) in [6.45, 7) is 5.23. The predicted molar refractivity (Wildman–Crippen MR) is 218 cm³/mol. The van der Waals surface area contributed by atoms with Gasteiger partial charge in [0.05, 0.1) is 0 Å². The number of aryl methyl sites for hydroxylation is 2. The van der Waals surface area contributed by atoms with Gasteiger partial charge in [0, 0.05) is 55.2 Å². The SMILES string of the molecule is CCCCCCc1cc(-c2ccc3c(c2)c2cc(-c4ccc(N(c5ccccc5)c5ccccc5)cc4)ccc2n3CC)sc1/C=C(/C#N)C(=O)O. The van der Waals surface area contributed by atoms with Crippen molar-refractivity contribution in [1.82, 2.24) is 4.57 Å². The first-order chi connectivity index (χ1) is 25.5. The Morgan fingerprint density at radius 1 is 0.731 bits per heavy atom. The highest BCUT2D eigenvalue weighted by Gasteiger charge is 2.17. The molecule has 0 atom stereocenters. The first-order valence-corrected chi connectivity index (χ1v) is 18.9. The van der Waals surface area contributed by atoms with Crippen LogP contribution in [0.15, 0.2) is 133 Å². The van der Waals surface area contributed by atoms with E-state index in [1.54, 1.807) is 17.4 Å². The summed E-state index contributed by atoms with van der Waals surface area (Å²) in [5.74, 6) is -1.20. The number of rotatable bonds is 13. The normalized spacial score (nSPS) is 11.6. The Morgan fingerprint density at radius 2 is 1.31 bits per heavy atom. The number of para-hydroxylation sites is 2. The molecule has 0 amide bonds. The molecule has 0 radical (unpaired) electrons. The van der Waals surface area contributed by atoms with Crippen molar-refractivity contribution in [3.8, 4) is 27.6 Å². The number of carboxylic acid groups (broad SMARTS) is 1. The van der Waals surface area contributed by atoms with Gasteiger partial charge in [0.25, 0.3) is 0 Å². The van der Waals surface area contributed by atoms with Gasteiger partial charge in [-0.25, -0.2) is 4.79 Å². The summed E-state index contributed by atoms with van der Waals surface area (Å²) >= 11 is 1.56. The molecule has 7 aromatic rings. The molecule has 2 heterocycles. The highest BCUT2D eigenvalue weighted by molar-refractivity contribution is 7.16. The van der Waals surface area contributed by atoms with Crippen LogP contribution in [0.1, 0.15) is 50.0 Å². The first-order valence-electron chi connectivity index (χ1n) is 18.0. The van der Waals surface area contributed by atoms with Crippen molar-refractivity contribution in [3.05, 3.63) is 143 Å². The van der Waals surface area contributed by atoms with Crippen LogP contribution in [0.25, 0.3) is 49.4 Å². The quantitative estimate of drug-likeness (QED) is 0.0739. The third kappa shape index (κ3) is 7.01. The van der Waals surface area contributed by atoms with E-state index in [-0.39, 0.29) is 5.57 Å². The summed E-state index contributed by atoms with van der Waals surface area (Å²) in [5.41, 5.74) is 9.94. The number of hydrogen-bond donors (Lipinski definition) is 1. The Labute approximate surface area is 309 Å². The third-order valence-corrected chi connectivity index (χ3v) is 10.9. The van der Waals surface area contributed by atoms with Crippen LogP contribution in [0.5, 0.6) is 0 Å². The second-order valence-corrected chi connectivity index (χ2v) is 14.1. The monoisotopic (exact) mass is 699 g/mol. The van der Waals surface area contributed by atoms with E-state index in [9.17, 15) is 15.2 Å². The Bertz CT molecular complexity index is 2380. The van der Waals surface area contributed by atoms with Crippen molar-refractivity contribution in [2.24, 2.45) is 0 Å². The maximum atomic E-state index is 11.7.